The molecule has 0 aliphatic heterocycles. The van der Waals surface area contributed by atoms with Crippen LogP contribution in [0.25, 0.3) is 0 Å². The molecule has 0 saturated carbocycles. The highest BCUT2D eigenvalue weighted by atomic mass is 79.9. The fraction of sp³-hybridized carbons (Fsp3) is 0.400. The van der Waals surface area contributed by atoms with E-state index in [4.69, 9.17) is 0 Å². The van der Waals surface area contributed by atoms with Crippen molar-refractivity contribution in [3.63, 3.8) is 0 Å². The number of ketones is 1. The van der Waals surface area contributed by atoms with E-state index in [1.165, 1.54) is 4.57 Å². The third-order valence-electron chi connectivity index (χ3n) is 1.88. The van der Waals surface area contributed by atoms with Gasteiger partial charge in [0.1, 0.15) is 0 Å². The first-order valence-electron chi connectivity index (χ1n) is 4.61. The minimum absolute atomic E-state index is 0.0737. The van der Waals surface area contributed by atoms with Crippen molar-refractivity contribution in [2.75, 3.05) is 0 Å². The lowest BCUT2D eigenvalue weighted by atomic mass is 10.2. The lowest BCUT2D eigenvalue weighted by molar-refractivity contribution is -0.119. The Morgan fingerprint density at radius 1 is 1.47 bits per heavy atom. The van der Waals surface area contributed by atoms with Gasteiger partial charge in [-0.15, -0.1) is 0 Å². The highest BCUT2D eigenvalue weighted by molar-refractivity contribution is 9.11. The topological polar surface area (TPSA) is 39.1 Å². The minimum Gasteiger partial charge on any atom is -0.306 e. The van der Waals surface area contributed by atoms with Crippen LogP contribution in [0.1, 0.15) is 19.8 Å². The van der Waals surface area contributed by atoms with Crippen LogP contribution in [0.3, 0.4) is 0 Å². The summed E-state index contributed by atoms with van der Waals surface area (Å²) in [5.41, 5.74) is -0.178. The van der Waals surface area contributed by atoms with Crippen molar-refractivity contribution in [1.82, 2.24) is 4.57 Å². The van der Waals surface area contributed by atoms with Crippen molar-refractivity contribution < 1.29 is 4.79 Å². The number of rotatable bonds is 4. The molecule has 0 fully saturated rings. The normalized spacial score (nSPS) is 10.3. The van der Waals surface area contributed by atoms with Gasteiger partial charge >= 0.3 is 0 Å². The average Bonchev–Trinajstić information content (AvgIpc) is 2.13. The molecule has 0 aliphatic rings. The maximum Gasteiger partial charge on any atom is 0.265 e. The summed E-state index contributed by atoms with van der Waals surface area (Å²) in [5.74, 6) is 0.0737. The van der Waals surface area contributed by atoms with Gasteiger partial charge in [-0.2, -0.15) is 0 Å². The Kier molecular flexibility index (Phi) is 4.73. The van der Waals surface area contributed by atoms with Crippen LogP contribution in [0.15, 0.2) is 26.0 Å². The minimum atomic E-state index is -0.178. The predicted octanol–water partition coefficient (Wildman–Crippen LogP) is 2.74. The van der Waals surface area contributed by atoms with Crippen molar-refractivity contribution >= 4 is 37.6 Å². The van der Waals surface area contributed by atoms with Gasteiger partial charge in [0.25, 0.3) is 5.56 Å². The van der Waals surface area contributed by atoms with E-state index in [-0.39, 0.29) is 17.9 Å². The van der Waals surface area contributed by atoms with Crippen molar-refractivity contribution in [2.24, 2.45) is 0 Å². The Hall–Kier alpha value is -0.420. The largest absolute Gasteiger partial charge is 0.306 e. The molecule has 0 radical (unpaired) electrons. The van der Waals surface area contributed by atoms with E-state index >= 15 is 0 Å². The highest BCUT2D eigenvalue weighted by Gasteiger charge is 2.07. The summed E-state index contributed by atoms with van der Waals surface area (Å²) >= 11 is 6.43. The molecule has 0 aliphatic carbocycles. The number of carbonyl (C=O) groups is 1. The fourth-order valence-corrected chi connectivity index (χ4v) is 2.49. The van der Waals surface area contributed by atoms with Gasteiger partial charge in [-0.05, 0) is 44.3 Å². The summed E-state index contributed by atoms with van der Waals surface area (Å²) in [5, 5.41) is 0. The van der Waals surface area contributed by atoms with Crippen molar-refractivity contribution in [3.05, 3.63) is 31.6 Å². The third-order valence-corrected chi connectivity index (χ3v) is 2.89. The molecule has 0 amide bonds. The smallest absolute Gasteiger partial charge is 0.265 e. The molecule has 0 aromatic carbocycles. The van der Waals surface area contributed by atoms with Crippen LogP contribution in [0.2, 0.25) is 0 Å². The standard InChI is InChI=1S/C10H11Br2NO2/c1-2-3-8(14)6-13-5-7(11)4-9(12)10(13)15/h4-5H,2-3,6H2,1H3. The Morgan fingerprint density at radius 2 is 2.13 bits per heavy atom. The van der Waals surface area contributed by atoms with Crippen LogP contribution in [-0.2, 0) is 11.3 Å². The van der Waals surface area contributed by atoms with E-state index < -0.39 is 0 Å². The summed E-state index contributed by atoms with van der Waals surface area (Å²) in [6.45, 7) is 2.09. The van der Waals surface area contributed by atoms with E-state index in [0.29, 0.717) is 10.9 Å². The molecule has 0 N–H and O–H groups in total. The molecule has 0 bridgehead atoms. The molecule has 15 heavy (non-hydrogen) atoms. The lowest BCUT2D eigenvalue weighted by Gasteiger charge is -2.05. The van der Waals surface area contributed by atoms with Crippen molar-refractivity contribution in [3.8, 4) is 0 Å². The lowest BCUT2D eigenvalue weighted by Crippen LogP contribution is -2.24. The van der Waals surface area contributed by atoms with Crippen LogP contribution in [0.5, 0.6) is 0 Å². The van der Waals surface area contributed by atoms with Gasteiger partial charge in [-0.3, -0.25) is 9.59 Å². The number of hydrogen-bond donors (Lipinski definition) is 0. The zero-order chi connectivity index (χ0) is 11.4. The molecular formula is C10H11Br2NO2. The van der Waals surface area contributed by atoms with Gasteiger partial charge in [0.15, 0.2) is 5.78 Å². The number of halogens is 2. The maximum atomic E-state index is 11.6. The quantitative estimate of drug-likeness (QED) is 0.848. The predicted molar refractivity (Wildman–Crippen MR) is 66.0 cm³/mol. The van der Waals surface area contributed by atoms with E-state index in [1.807, 2.05) is 6.92 Å². The summed E-state index contributed by atoms with van der Waals surface area (Å²) < 4.78 is 2.64. The maximum absolute atomic E-state index is 11.6. The van der Waals surface area contributed by atoms with Gasteiger partial charge in [-0.1, -0.05) is 6.92 Å². The van der Waals surface area contributed by atoms with E-state index in [2.05, 4.69) is 31.9 Å². The van der Waals surface area contributed by atoms with E-state index in [9.17, 15) is 9.59 Å². The number of carbonyl (C=O) groups excluding carboxylic acids is 1. The first-order chi connectivity index (χ1) is 7.04. The second-order valence-corrected chi connectivity index (χ2v) is 5.00. The van der Waals surface area contributed by atoms with Gasteiger partial charge < -0.3 is 4.57 Å². The van der Waals surface area contributed by atoms with Gasteiger partial charge in [0.2, 0.25) is 0 Å². The first-order valence-corrected chi connectivity index (χ1v) is 6.20. The molecule has 0 unspecified atom stereocenters. The number of hydrogen-bond acceptors (Lipinski definition) is 2. The molecule has 3 nitrogen and oxygen atoms in total. The summed E-state index contributed by atoms with van der Waals surface area (Å²) in [6, 6.07) is 1.67. The van der Waals surface area contributed by atoms with Crippen LogP contribution in [-0.4, -0.2) is 10.4 Å². The van der Waals surface area contributed by atoms with Crippen molar-refractivity contribution in [1.29, 1.82) is 0 Å². The summed E-state index contributed by atoms with van der Waals surface area (Å²) in [7, 11) is 0. The summed E-state index contributed by atoms with van der Waals surface area (Å²) in [4.78, 5) is 23.0. The summed E-state index contributed by atoms with van der Waals surface area (Å²) in [6.07, 6.45) is 2.94. The Morgan fingerprint density at radius 3 is 2.73 bits per heavy atom. The van der Waals surface area contributed by atoms with Gasteiger partial charge in [0.05, 0.1) is 11.0 Å². The number of pyridine rings is 1. The molecule has 1 aromatic heterocycles. The molecule has 0 spiro atoms. The average molecular weight is 337 g/mol. The second-order valence-electron chi connectivity index (χ2n) is 3.23. The van der Waals surface area contributed by atoms with Gasteiger partial charge in [-0.25, -0.2) is 0 Å². The molecule has 1 rings (SSSR count). The SMILES string of the molecule is CCCC(=O)Cn1cc(Br)cc(Br)c1=O. The molecule has 82 valence electrons. The van der Waals surface area contributed by atoms with Crippen LogP contribution < -0.4 is 5.56 Å². The highest BCUT2D eigenvalue weighted by Crippen LogP contribution is 2.12. The molecule has 1 heterocycles. The Labute approximate surface area is 105 Å². The Bertz CT molecular complexity index is 426. The zero-order valence-corrected chi connectivity index (χ0v) is 11.5. The molecule has 0 atom stereocenters. The second kappa shape index (κ2) is 5.61. The van der Waals surface area contributed by atoms with E-state index in [0.717, 1.165) is 10.9 Å². The van der Waals surface area contributed by atoms with Crippen LogP contribution >= 0.6 is 31.9 Å². The number of nitrogens with zero attached hydrogens (tertiary/aromatic N) is 1. The van der Waals surface area contributed by atoms with Gasteiger partial charge in [0, 0.05) is 17.1 Å². The van der Waals surface area contributed by atoms with Crippen LogP contribution in [0.4, 0.5) is 0 Å². The molecule has 5 heteroatoms. The first kappa shape index (κ1) is 12.6. The fourth-order valence-electron chi connectivity index (χ4n) is 1.23. The van der Waals surface area contributed by atoms with Crippen LogP contribution in [0, 0.1) is 0 Å². The Balaban J connectivity index is 2.95. The number of Topliss-reactive ketones (excluding diaryl/α,β-unsaturated/α-hetero) is 1. The van der Waals surface area contributed by atoms with E-state index in [1.54, 1.807) is 12.3 Å². The van der Waals surface area contributed by atoms with Crippen molar-refractivity contribution in [2.45, 2.75) is 26.3 Å². The number of aromatic nitrogens is 1. The third kappa shape index (κ3) is 3.57. The zero-order valence-electron chi connectivity index (χ0n) is 8.30. The molecular weight excluding hydrogens is 326 g/mol. The molecule has 0 saturated heterocycles. The monoisotopic (exact) mass is 335 g/mol. The molecule has 1 aromatic rings.